The van der Waals surface area contributed by atoms with Crippen LogP contribution in [0.5, 0.6) is 0 Å². The van der Waals surface area contributed by atoms with Crippen molar-refractivity contribution in [2.24, 2.45) is 11.8 Å². The van der Waals surface area contributed by atoms with Crippen LogP contribution in [0.3, 0.4) is 0 Å². The maximum Gasteiger partial charge on any atom is 0.155 e. The zero-order valence-electron chi connectivity index (χ0n) is 7.96. The van der Waals surface area contributed by atoms with Gasteiger partial charge in [-0.15, -0.1) is 6.58 Å². The minimum Gasteiger partial charge on any atom is -0.295 e. The first kappa shape index (κ1) is 8.74. The van der Waals surface area contributed by atoms with Gasteiger partial charge in [-0.05, 0) is 43.6 Å². The van der Waals surface area contributed by atoms with E-state index in [1.54, 1.807) is 0 Å². The largest absolute Gasteiger partial charge is 0.295 e. The van der Waals surface area contributed by atoms with Crippen LogP contribution < -0.4 is 0 Å². The van der Waals surface area contributed by atoms with Crippen molar-refractivity contribution in [3.05, 3.63) is 24.3 Å². The van der Waals surface area contributed by atoms with E-state index in [4.69, 9.17) is 0 Å². The molecule has 0 aromatic carbocycles. The van der Waals surface area contributed by atoms with E-state index in [9.17, 15) is 4.79 Å². The molecule has 1 fully saturated rings. The topological polar surface area (TPSA) is 17.1 Å². The van der Waals surface area contributed by atoms with Gasteiger partial charge in [0.25, 0.3) is 0 Å². The highest BCUT2D eigenvalue weighted by Crippen LogP contribution is 2.38. The zero-order valence-corrected chi connectivity index (χ0v) is 7.96. The maximum atomic E-state index is 11.2. The smallest absolute Gasteiger partial charge is 0.155 e. The summed E-state index contributed by atoms with van der Waals surface area (Å²) in [7, 11) is 0. The minimum absolute atomic E-state index is 0.336. The lowest BCUT2D eigenvalue weighted by Crippen LogP contribution is -2.21. The highest BCUT2D eigenvalue weighted by Gasteiger charge is 2.27. The Morgan fingerprint density at radius 2 is 2.23 bits per heavy atom. The minimum atomic E-state index is 0.336. The summed E-state index contributed by atoms with van der Waals surface area (Å²) in [5.74, 6) is 1.72. The number of carbonyl (C=O) groups is 1. The Bertz CT molecular complexity index is 262. The molecule has 0 heterocycles. The van der Waals surface area contributed by atoms with Crippen molar-refractivity contribution < 1.29 is 4.79 Å². The number of fused-ring (bicyclic) bond motifs is 1. The summed E-state index contributed by atoms with van der Waals surface area (Å²) in [6.07, 6.45) is 9.35. The Morgan fingerprint density at radius 1 is 1.38 bits per heavy atom. The van der Waals surface area contributed by atoms with Crippen molar-refractivity contribution >= 4 is 5.78 Å². The lowest BCUT2D eigenvalue weighted by Gasteiger charge is -2.32. The highest BCUT2D eigenvalue weighted by molar-refractivity contribution is 5.91. The standard InChI is InChI=1S/C12H16O/c1-2-9-3-4-11-8-12(13)6-5-10(11)7-9/h2,8-10H,1,3-7H2/t9-,10-/m1/s1. The normalized spacial score (nSPS) is 33.5. The number of hydrogen-bond acceptors (Lipinski definition) is 1. The van der Waals surface area contributed by atoms with Crippen molar-refractivity contribution in [3.63, 3.8) is 0 Å². The van der Waals surface area contributed by atoms with Gasteiger partial charge in [0.05, 0.1) is 0 Å². The monoisotopic (exact) mass is 176 g/mol. The van der Waals surface area contributed by atoms with Crippen LogP contribution in [-0.2, 0) is 4.79 Å². The van der Waals surface area contributed by atoms with Crippen molar-refractivity contribution in [1.29, 1.82) is 0 Å². The molecule has 2 atom stereocenters. The molecule has 0 saturated heterocycles. The van der Waals surface area contributed by atoms with Crippen molar-refractivity contribution in [2.45, 2.75) is 32.1 Å². The Hall–Kier alpha value is -0.850. The molecule has 0 unspecified atom stereocenters. The highest BCUT2D eigenvalue weighted by atomic mass is 16.1. The summed E-state index contributed by atoms with van der Waals surface area (Å²) >= 11 is 0. The summed E-state index contributed by atoms with van der Waals surface area (Å²) in [6.45, 7) is 3.85. The van der Waals surface area contributed by atoms with E-state index in [0.29, 0.717) is 17.6 Å². The molecule has 0 amide bonds. The van der Waals surface area contributed by atoms with E-state index >= 15 is 0 Å². The molecule has 2 aliphatic rings. The predicted molar refractivity (Wildman–Crippen MR) is 53.4 cm³/mol. The average Bonchev–Trinajstić information content (AvgIpc) is 2.17. The van der Waals surface area contributed by atoms with E-state index in [1.165, 1.54) is 18.4 Å². The summed E-state index contributed by atoms with van der Waals surface area (Å²) in [5.41, 5.74) is 1.41. The summed E-state index contributed by atoms with van der Waals surface area (Å²) < 4.78 is 0. The fourth-order valence-electron chi connectivity index (χ4n) is 2.49. The van der Waals surface area contributed by atoms with Gasteiger partial charge in [-0.2, -0.15) is 0 Å². The van der Waals surface area contributed by atoms with Crippen molar-refractivity contribution in [1.82, 2.24) is 0 Å². The van der Waals surface area contributed by atoms with Gasteiger partial charge in [-0.1, -0.05) is 11.6 Å². The lowest BCUT2D eigenvalue weighted by molar-refractivity contribution is -0.115. The van der Waals surface area contributed by atoms with Crippen LogP contribution in [0, 0.1) is 11.8 Å². The lowest BCUT2D eigenvalue weighted by atomic mass is 9.73. The second kappa shape index (κ2) is 3.49. The van der Waals surface area contributed by atoms with Crippen LogP contribution in [0.15, 0.2) is 24.3 Å². The molecular formula is C12H16O. The third-order valence-corrected chi connectivity index (χ3v) is 3.33. The zero-order chi connectivity index (χ0) is 9.26. The van der Waals surface area contributed by atoms with Crippen LogP contribution in [-0.4, -0.2) is 5.78 Å². The van der Waals surface area contributed by atoms with Gasteiger partial charge in [-0.3, -0.25) is 4.79 Å². The molecule has 1 nitrogen and oxygen atoms in total. The van der Waals surface area contributed by atoms with Crippen molar-refractivity contribution in [3.8, 4) is 0 Å². The molecule has 1 heteroatoms. The third-order valence-electron chi connectivity index (χ3n) is 3.33. The van der Waals surface area contributed by atoms with Gasteiger partial charge in [0.15, 0.2) is 5.78 Å². The molecule has 2 rings (SSSR count). The first-order valence-corrected chi connectivity index (χ1v) is 5.15. The number of allylic oxidation sites excluding steroid dienone is 3. The molecule has 2 aliphatic carbocycles. The van der Waals surface area contributed by atoms with Gasteiger partial charge < -0.3 is 0 Å². The molecule has 70 valence electrons. The van der Waals surface area contributed by atoms with Gasteiger partial charge in [0.2, 0.25) is 0 Å². The maximum absolute atomic E-state index is 11.2. The van der Waals surface area contributed by atoms with Crippen molar-refractivity contribution in [2.75, 3.05) is 0 Å². The Balaban J connectivity index is 2.11. The van der Waals surface area contributed by atoms with E-state index in [1.807, 2.05) is 6.08 Å². The number of ketones is 1. The summed E-state index contributed by atoms with van der Waals surface area (Å²) in [5, 5.41) is 0. The van der Waals surface area contributed by atoms with Gasteiger partial charge >= 0.3 is 0 Å². The molecule has 0 aliphatic heterocycles. The fourth-order valence-corrected chi connectivity index (χ4v) is 2.49. The van der Waals surface area contributed by atoms with Gasteiger partial charge in [-0.25, -0.2) is 0 Å². The van der Waals surface area contributed by atoms with E-state index in [0.717, 1.165) is 19.3 Å². The second-order valence-electron chi connectivity index (χ2n) is 4.19. The van der Waals surface area contributed by atoms with Crippen LogP contribution >= 0.6 is 0 Å². The molecule has 13 heavy (non-hydrogen) atoms. The summed E-state index contributed by atoms with van der Waals surface area (Å²) in [6, 6.07) is 0. The van der Waals surface area contributed by atoms with Crippen LogP contribution in [0.1, 0.15) is 32.1 Å². The molecule has 0 bridgehead atoms. The molecule has 1 saturated carbocycles. The number of hydrogen-bond donors (Lipinski definition) is 0. The first-order valence-electron chi connectivity index (χ1n) is 5.15. The fraction of sp³-hybridized carbons (Fsp3) is 0.583. The molecule has 0 aromatic heterocycles. The van der Waals surface area contributed by atoms with Gasteiger partial charge in [0.1, 0.15) is 0 Å². The van der Waals surface area contributed by atoms with Crippen LogP contribution in [0.2, 0.25) is 0 Å². The van der Waals surface area contributed by atoms with Crippen LogP contribution in [0.4, 0.5) is 0 Å². The predicted octanol–water partition coefficient (Wildman–Crippen LogP) is 2.88. The first-order chi connectivity index (χ1) is 6.29. The quantitative estimate of drug-likeness (QED) is 0.561. The Morgan fingerprint density at radius 3 is 3.00 bits per heavy atom. The Labute approximate surface area is 79.5 Å². The summed E-state index contributed by atoms with van der Waals surface area (Å²) in [4.78, 5) is 11.2. The molecule has 0 N–H and O–H groups in total. The SMILES string of the molecule is C=C[C@@H]1CCC2=CC(=O)CC[C@@H]2C1. The third kappa shape index (κ3) is 1.74. The number of carbonyl (C=O) groups excluding carboxylic acids is 1. The molecule has 0 aromatic rings. The average molecular weight is 176 g/mol. The van der Waals surface area contributed by atoms with E-state index < -0.39 is 0 Å². The van der Waals surface area contributed by atoms with Gasteiger partial charge in [0, 0.05) is 6.42 Å². The molecule has 0 spiro atoms. The second-order valence-corrected chi connectivity index (χ2v) is 4.19. The van der Waals surface area contributed by atoms with E-state index in [2.05, 4.69) is 12.7 Å². The molecule has 0 radical (unpaired) electrons. The van der Waals surface area contributed by atoms with Crippen LogP contribution in [0.25, 0.3) is 0 Å². The Kier molecular flexibility index (Phi) is 2.34. The molecular weight excluding hydrogens is 160 g/mol. The number of rotatable bonds is 1. The van der Waals surface area contributed by atoms with E-state index in [-0.39, 0.29) is 0 Å².